The summed E-state index contributed by atoms with van der Waals surface area (Å²) in [7, 11) is 0. The van der Waals surface area contributed by atoms with E-state index in [1.54, 1.807) is 0 Å². The average molecular weight is 379 g/mol. The molecule has 138 valence electrons. The first kappa shape index (κ1) is 17.8. The highest BCUT2D eigenvalue weighted by Gasteiger charge is 2.30. The standard InChI is InChI=1S/C21H22N4OS/c1-15-6-5-9-18(12-15)22-19(26)14-27-21-24-23-20(17-10-11-17)25(21)13-16-7-3-2-4-8-16/h2-9,12,17H,10-11,13-14H2,1H3,(H,22,26). The van der Waals surface area contributed by atoms with E-state index in [9.17, 15) is 4.79 Å². The van der Waals surface area contributed by atoms with Crippen LogP contribution in [0.2, 0.25) is 0 Å². The highest BCUT2D eigenvalue weighted by atomic mass is 32.2. The molecule has 1 N–H and O–H groups in total. The molecule has 0 bridgehead atoms. The maximum absolute atomic E-state index is 12.3. The van der Waals surface area contributed by atoms with Gasteiger partial charge in [0.2, 0.25) is 5.91 Å². The Kier molecular flexibility index (Phi) is 5.25. The van der Waals surface area contributed by atoms with Gasteiger partial charge in [-0.05, 0) is 43.0 Å². The van der Waals surface area contributed by atoms with Crippen LogP contribution in [-0.2, 0) is 11.3 Å². The van der Waals surface area contributed by atoms with Gasteiger partial charge in [-0.15, -0.1) is 10.2 Å². The van der Waals surface area contributed by atoms with E-state index >= 15 is 0 Å². The largest absolute Gasteiger partial charge is 0.325 e. The second-order valence-corrected chi connectivity index (χ2v) is 7.84. The van der Waals surface area contributed by atoms with Crippen LogP contribution in [0.3, 0.4) is 0 Å². The number of nitrogens with one attached hydrogen (secondary N) is 1. The smallest absolute Gasteiger partial charge is 0.234 e. The van der Waals surface area contributed by atoms with Gasteiger partial charge in [0.15, 0.2) is 5.16 Å². The van der Waals surface area contributed by atoms with Crippen LogP contribution in [0.25, 0.3) is 0 Å². The fourth-order valence-electron chi connectivity index (χ4n) is 3.01. The lowest BCUT2D eigenvalue weighted by atomic mass is 10.2. The number of hydrogen-bond donors (Lipinski definition) is 1. The third-order valence-corrected chi connectivity index (χ3v) is 5.47. The maximum atomic E-state index is 12.3. The molecule has 1 aliphatic carbocycles. The summed E-state index contributed by atoms with van der Waals surface area (Å²) in [6.07, 6.45) is 2.34. The van der Waals surface area contributed by atoms with Crippen molar-refractivity contribution in [3.63, 3.8) is 0 Å². The Labute approximate surface area is 163 Å². The maximum Gasteiger partial charge on any atom is 0.234 e. The molecule has 3 aromatic rings. The predicted octanol–water partition coefficient (Wildman–Crippen LogP) is 4.24. The van der Waals surface area contributed by atoms with Gasteiger partial charge >= 0.3 is 0 Å². The van der Waals surface area contributed by atoms with E-state index in [4.69, 9.17) is 0 Å². The molecule has 0 radical (unpaired) electrons. The number of carbonyl (C=O) groups excluding carboxylic acids is 1. The van der Waals surface area contributed by atoms with Crippen LogP contribution in [-0.4, -0.2) is 26.4 Å². The molecule has 4 rings (SSSR count). The molecule has 0 spiro atoms. The first-order valence-electron chi connectivity index (χ1n) is 9.15. The zero-order valence-corrected chi connectivity index (χ0v) is 16.1. The van der Waals surface area contributed by atoms with E-state index in [0.29, 0.717) is 11.7 Å². The van der Waals surface area contributed by atoms with Crippen molar-refractivity contribution in [2.24, 2.45) is 0 Å². The molecule has 0 unspecified atom stereocenters. The number of thioether (sulfide) groups is 1. The molecule has 5 nitrogen and oxygen atoms in total. The molecule has 0 atom stereocenters. The van der Waals surface area contributed by atoms with Crippen molar-refractivity contribution in [2.75, 3.05) is 11.1 Å². The number of aromatic nitrogens is 3. The van der Waals surface area contributed by atoms with Crippen LogP contribution in [0.5, 0.6) is 0 Å². The summed E-state index contributed by atoms with van der Waals surface area (Å²) in [6.45, 7) is 2.75. The number of benzene rings is 2. The normalized spacial score (nSPS) is 13.5. The van der Waals surface area contributed by atoms with Crippen molar-refractivity contribution in [3.05, 3.63) is 71.5 Å². The number of aryl methyl sites for hydroxylation is 1. The zero-order valence-electron chi connectivity index (χ0n) is 15.3. The molecule has 0 aliphatic heterocycles. The number of amides is 1. The lowest BCUT2D eigenvalue weighted by molar-refractivity contribution is -0.113. The SMILES string of the molecule is Cc1cccc(NC(=O)CSc2nnc(C3CC3)n2Cc2ccccc2)c1. The number of nitrogens with zero attached hydrogens (tertiary/aromatic N) is 3. The van der Waals surface area contributed by atoms with Crippen molar-refractivity contribution >= 4 is 23.4 Å². The Bertz CT molecular complexity index is 934. The lowest BCUT2D eigenvalue weighted by Gasteiger charge is -2.10. The quantitative estimate of drug-likeness (QED) is 0.625. The Morgan fingerprint density at radius 2 is 1.96 bits per heavy atom. The predicted molar refractivity (Wildman–Crippen MR) is 108 cm³/mol. The van der Waals surface area contributed by atoms with Gasteiger partial charge in [-0.1, -0.05) is 54.2 Å². The van der Waals surface area contributed by atoms with Crippen LogP contribution in [0.4, 0.5) is 5.69 Å². The summed E-state index contributed by atoms with van der Waals surface area (Å²) in [5.74, 6) is 1.83. The summed E-state index contributed by atoms with van der Waals surface area (Å²) in [4.78, 5) is 12.3. The summed E-state index contributed by atoms with van der Waals surface area (Å²) >= 11 is 1.44. The van der Waals surface area contributed by atoms with Crippen LogP contribution >= 0.6 is 11.8 Å². The monoisotopic (exact) mass is 378 g/mol. The lowest BCUT2D eigenvalue weighted by Crippen LogP contribution is -2.15. The van der Waals surface area contributed by atoms with Crippen molar-refractivity contribution in [1.82, 2.24) is 14.8 Å². The summed E-state index contributed by atoms with van der Waals surface area (Å²) in [6, 6.07) is 18.1. The van der Waals surface area contributed by atoms with E-state index in [2.05, 4.69) is 32.2 Å². The first-order chi connectivity index (χ1) is 13.2. The van der Waals surface area contributed by atoms with Crippen molar-refractivity contribution in [3.8, 4) is 0 Å². The summed E-state index contributed by atoms with van der Waals surface area (Å²) < 4.78 is 2.16. The minimum Gasteiger partial charge on any atom is -0.325 e. The topological polar surface area (TPSA) is 59.8 Å². The Morgan fingerprint density at radius 1 is 1.15 bits per heavy atom. The minimum absolute atomic E-state index is 0.0344. The van der Waals surface area contributed by atoms with Crippen LogP contribution in [0.1, 0.15) is 35.7 Å². The van der Waals surface area contributed by atoms with Crippen LogP contribution < -0.4 is 5.32 Å². The molecule has 1 heterocycles. The van der Waals surface area contributed by atoms with Crippen molar-refractivity contribution in [2.45, 2.75) is 37.4 Å². The molecule has 1 aliphatic rings. The molecule has 1 saturated carbocycles. The molecule has 27 heavy (non-hydrogen) atoms. The number of rotatable bonds is 7. The van der Waals surface area contributed by atoms with Gasteiger partial charge in [0.05, 0.1) is 12.3 Å². The zero-order chi connectivity index (χ0) is 18.6. The van der Waals surface area contributed by atoms with Gasteiger partial charge in [-0.2, -0.15) is 0 Å². The van der Waals surface area contributed by atoms with Crippen LogP contribution in [0, 0.1) is 6.92 Å². The highest BCUT2D eigenvalue weighted by molar-refractivity contribution is 7.99. The van der Waals surface area contributed by atoms with E-state index < -0.39 is 0 Å². The molecule has 6 heteroatoms. The third-order valence-electron chi connectivity index (χ3n) is 4.51. The number of hydrogen-bond acceptors (Lipinski definition) is 4. The molecule has 1 fully saturated rings. The molecular formula is C21H22N4OS. The highest BCUT2D eigenvalue weighted by Crippen LogP contribution is 2.40. The van der Waals surface area contributed by atoms with Gasteiger partial charge in [-0.3, -0.25) is 4.79 Å². The second kappa shape index (κ2) is 7.96. The minimum atomic E-state index is -0.0344. The third kappa shape index (κ3) is 4.57. The summed E-state index contributed by atoms with van der Waals surface area (Å²) in [5, 5.41) is 12.5. The summed E-state index contributed by atoms with van der Waals surface area (Å²) in [5.41, 5.74) is 3.16. The van der Waals surface area contributed by atoms with E-state index in [1.807, 2.05) is 49.4 Å². The van der Waals surface area contributed by atoms with Gasteiger partial charge in [0.1, 0.15) is 5.82 Å². The van der Waals surface area contributed by atoms with Crippen LogP contribution in [0.15, 0.2) is 59.8 Å². The van der Waals surface area contributed by atoms with Gasteiger partial charge in [0, 0.05) is 11.6 Å². The Hall–Kier alpha value is -2.60. The van der Waals surface area contributed by atoms with E-state index in [0.717, 1.165) is 28.8 Å². The fourth-order valence-corrected chi connectivity index (χ4v) is 3.76. The van der Waals surface area contributed by atoms with Crippen molar-refractivity contribution < 1.29 is 4.79 Å². The molecule has 1 amide bonds. The Balaban J connectivity index is 1.44. The van der Waals surface area contributed by atoms with Gasteiger partial charge in [-0.25, -0.2) is 0 Å². The molecular weight excluding hydrogens is 356 g/mol. The van der Waals surface area contributed by atoms with Gasteiger partial charge in [0.25, 0.3) is 0 Å². The van der Waals surface area contributed by atoms with E-state index in [1.165, 1.54) is 30.2 Å². The number of carbonyl (C=O) groups is 1. The van der Waals surface area contributed by atoms with Crippen molar-refractivity contribution in [1.29, 1.82) is 0 Å². The first-order valence-corrected chi connectivity index (χ1v) is 10.1. The van der Waals surface area contributed by atoms with E-state index in [-0.39, 0.29) is 5.91 Å². The molecule has 2 aromatic carbocycles. The molecule has 1 aromatic heterocycles. The second-order valence-electron chi connectivity index (χ2n) is 6.89. The van der Waals surface area contributed by atoms with Gasteiger partial charge < -0.3 is 9.88 Å². The average Bonchev–Trinajstić information content (AvgIpc) is 3.43. The Morgan fingerprint density at radius 3 is 2.70 bits per heavy atom. The molecule has 0 saturated heterocycles. The number of anilines is 1. The fraction of sp³-hybridized carbons (Fsp3) is 0.286.